The number of piperazine rings is 1. The fourth-order valence-electron chi connectivity index (χ4n) is 2.54. The van der Waals surface area contributed by atoms with Crippen molar-refractivity contribution in [1.82, 2.24) is 19.8 Å². The van der Waals surface area contributed by atoms with Gasteiger partial charge in [-0.05, 0) is 27.8 Å². The zero-order valence-corrected chi connectivity index (χ0v) is 13.5. The third kappa shape index (κ3) is 3.69. The fraction of sp³-hybridized carbons (Fsp3) is 0.667. The van der Waals surface area contributed by atoms with Gasteiger partial charge in [0, 0.05) is 45.3 Å². The largest absolute Gasteiger partial charge is 0.357 e. The molecule has 1 aromatic heterocycles. The van der Waals surface area contributed by atoms with Crippen molar-refractivity contribution < 1.29 is 4.79 Å². The van der Waals surface area contributed by atoms with Crippen LogP contribution in [0, 0.1) is 6.92 Å². The first kappa shape index (κ1) is 15.7. The summed E-state index contributed by atoms with van der Waals surface area (Å²) in [5, 5.41) is 0. The average molecular weight is 291 g/mol. The van der Waals surface area contributed by atoms with Crippen molar-refractivity contribution in [1.29, 1.82) is 0 Å². The van der Waals surface area contributed by atoms with E-state index in [1.54, 1.807) is 0 Å². The number of hydrogen-bond acceptors (Lipinski definition) is 5. The highest BCUT2D eigenvalue weighted by Crippen LogP contribution is 2.14. The summed E-state index contributed by atoms with van der Waals surface area (Å²) in [6.07, 6.45) is 0. The number of carbonyl (C=O) groups excluding carboxylic acids is 1. The molecule has 0 N–H and O–H groups in total. The van der Waals surface area contributed by atoms with Crippen LogP contribution in [0.15, 0.2) is 6.07 Å². The number of aromatic nitrogens is 2. The van der Waals surface area contributed by atoms with E-state index in [0.717, 1.165) is 45.1 Å². The lowest BCUT2D eigenvalue weighted by Gasteiger charge is -2.32. The molecule has 1 aliphatic heterocycles. The van der Waals surface area contributed by atoms with E-state index < -0.39 is 0 Å². The Morgan fingerprint density at radius 2 is 1.81 bits per heavy atom. The summed E-state index contributed by atoms with van der Waals surface area (Å²) in [5.41, 5.74) is 0.508. The Bertz CT molecular complexity index is 493. The maximum absolute atomic E-state index is 12.6. The Labute approximate surface area is 126 Å². The van der Waals surface area contributed by atoms with Crippen LogP contribution in [0.2, 0.25) is 0 Å². The Morgan fingerprint density at radius 1 is 1.19 bits per heavy atom. The van der Waals surface area contributed by atoms with E-state index in [9.17, 15) is 4.79 Å². The molecule has 0 aliphatic carbocycles. The van der Waals surface area contributed by atoms with Crippen LogP contribution in [0.5, 0.6) is 0 Å². The molecule has 0 aromatic carbocycles. The molecule has 0 unspecified atom stereocenters. The fourth-order valence-corrected chi connectivity index (χ4v) is 2.54. The highest BCUT2D eigenvalue weighted by atomic mass is 16.2. The molecule has 2 rings (SSSR count). The van der Waals surface area contributed by atoms with E-state index in [1.165, 1.54) is 0 Å². The summed E-state index contributed by atoms with van der Waals surface area (Å²) in [5.74, 6) is 1.50. The third-order valence-electron chi connectivity index (χ3n) is 3.92. The predicted molar refractivity (Wildman–Crippen MR) is 83.7 cm³/mol. The maximum Gasteiger partial charge on any atom is 0.272 e. The highest BCUT2D eigenvalue weighted by molar-refractivity contribution is 5.93. The lowest BCUT2D eigenvalue weighted by Crippen LogP contribution is -2.47. The summed E-state index contributed by atoms with van der Waals surface area (Å²) < 4.78 is 0. The van der Waals surface area contributed by atoms with Gasteiger partial charge in [-0.25, -0.2) is 9.97 Å². The molecule has 6 nitrogen and oxygen atoms in total. The van der Waals surface area contributed by atoms with Gasteiger partial charge in [0.15, 0.2) is 0 Å². The minimum atomic E-state index is 0.0157. The van der Waals surface area contributed by atoms with Gasteiger partial charge in [-0.2, -0.15) is 0 Å². The van der Waals surface area contributed by atoms with Crippen LogP contribution in [-0.2, 0) is 0 Å². The zero-order valence-electron chi connectivity index (χ0n) is 13.5. The molecule has 1 amide bonds. The smallest absolute Gasteiger partial charge is 0.272 e. The van der Waals surface area contributed by atoms with Gasteiger partial charge in [0.1, 0.15) is 17.3 Å². The van der Waals surface area contributed by atoms with Crippen LogP contribution in [-0.4, -0.2) is 72.0 Å². The second-order valence-electron chi connectivity index (χ2n) is 5.43. The number of amides is 1. The Hall–Kier alpha value is -1.69. The van der Waals surface area contributed by atoms with Gasteiger partial charge in [-0.1, -0.05) is 0 Å². The monoisotopic (exact) mass is 291 g/mol. The highest BCUT2D eigenvalue weighted by Gasteiger charge is 2.22. The number of likely N-dealkylation sites (N-methyl/N-ethyl adjacent to an activating group) is 1. The van der Waals surface area contributed by atoms with Gasteiger partial charge in [0.2, 0.25) is 0 Å². The molecule has 1 fully saturated rings. The summed E-state index contributed by atoms with van der Waals surface area (Å²) in [6.45, 7) is 11.1. The maximum atomic E-state index is 12.6. The molecule has 0 spiro atoms. The Morgan fingerprint density at radius 3 is 2.38 bits per heavy atom. The summed E-state index contributed by atoms with van der Waals surface area (Å²) in [6, 6.07) is 1.82. The van der Waals surface area contributed by atoms with Gasteiger partial charge >= 0.3 is 0 Å². The van der Waals surface area contributed by atoms with Crippen LogP contribution in [0.1, 0.15) is 30.2 Å². The minimum absolute atomic E-state index is 0.0157. The first-order valence-electron chi connectivity index (χ1n) is 7.63. The number of aryl methyl sites for hydroxylation is 1. The second-order valence-corrected chi connectivity index (χ2v) is 5.43. The van der Waals surface area contributed by atoms with Gasteiger partial charge in [0.25, 0.3) is 5.91 Å². The van der Waals surface area contributed by atoms with E-state index >= 15 is 0 Å². The summed E-state index contributed by atoms with van der Waals surface area (Å²) in [4.78, 5) is 27.6. The summed E-state index contributed by atoms with van der Waals surface area (Å²) in [7, 11) is 2.08. The predicted octanol–water partition coefficient (Wildman–Crippen LogP) is 1.02. The van der Waals surface area contributed by atoms with E-state index in [4.69, 9.17) is 0 Å². The van der Waals surface area contributed by atoms with Gasteiger partial charge in [-0.3, -0.25) is 4.79 Å². The topological polar surface area (TPSA) is 52.6 Å². The van der Waals surface area contributed by atoms with E-state index in [-0.39, 0.29) is 5.91 Å². The molecule has 0 radical (unpaired) electrons. The molecular formula is C15H25N5O. The molecule has 1 aromatic rings. The molecule has 0 saturated carbocycles. The Kier molecular flexibility index (Phi) is 5.12. The van der Waals surface area contributed by atoms with E-state index in [0.29, 0.717) is 11.5 Å². The number of nitrogens with zero attached hydrogens (tertiary/aromatic N) is 5. The molecule has 6 heteroatoms. The number of hydrogen-bond donors (Lipinski definition) is 0. The zero-order chi connectivity index (χ0) is 15.4. The van der Waals surface area contributed by atoms with Crippen LogP contribution in [0.25, 0.3) is 0 Å². The van der Waals surface area contributed by atoms with E-state index in [2.05, 4.69) is 40.7 Å². The Balaban J connectivity index is 2.20. The van der Waals surface area contributed by atoms with Crippen molar-refractivity contribution in [2.75, 3.05) is 51.2 Å². The normalized spacial score (nSPS) is 16.1. The van der Waals surface area contributed by atoms with Crippen molar-refractivity contribution >= 4 is 11.7 Å². The summed E-state index contributed by atoms with van der Waals surface area (Å²) >= 11 is 0. The SMILES string of the molecule is CCN(CC)c1cc(C(=O)N2CCN(C)CC2)nc(C)n1. The van der Waals surface area contributed by atoms with Crippen molar-refractivity contribution in [2.45, 2.75) is 20.8 Å². The number of anilines is 1. The van der Waals surface area contributed by atoms with Crippen molar-refractivity contribution in [3.63, 3.8) is 0 Å². The van der Waals surface area contributed by atoms with Gasteiger partial charge in [-0.15, -0.1) is 0 Å². The van der Waals surface area contributed by atoms with Gasteiger partial charge < -0.3 is 14.7 Å². The van der Waals surface area contributed by atoms with Gasteiger partial charge in [0.05, 0.1) is 0 Å². The standard InChI is InChI=1S/C15H25N5O/c1-5-19(6-2)14-11-13(16-12(3)17-14)15(21)20-9-7-18(4)8-10-20/h11H,5-10H2,1-4H3. The van der Waals surface area contributed by atoms with Crippen molar-refractivity contribution in [3.8, 4) is 0 Å². The first-order chi connectivity index (χ1) is 10.0. The number of rotatable bonds is 4. The molecule has 116 valence electrons. The van der Waals surface area contributed by atoms with Crippen LogP contribution < -0.4 is 4.90 Å². The first-order valence-corrected chi connectivity index (χ1v) is 7.63. The molecule has 0 bridgehead atoms. The van der Waals surface area contributed by atoms with Crippen molar-refractivity contribution in [3.05, 3.63) is 17.6 Å². The van der Waals surface area contributed by atoms with E-state index in [1.807, 2.05) is 17.9 Å². The second kappa shape index (κ2) is 6.85. The lowest BCUT2D eigenvalue weighted by molar-refractivity contribution is 0.0658. The average Bonchev–Trinajstić information content (AvgIpc) is 2.48. The molecule has 1 aliphatic rings. The van der Waals surface area contributed by atoms with Crippen LogP contribution in [0.4, 0.5) is 5.82 Å². The third-order valence-corrected chi connectivity index (χ3v) is 3.92. The van der Waals surface area contributed by atoms with Crippen LogP contribution in [0.3, 0.4) is 0 Å². The molecular weight excluding hydrogens is 266 g/mol. The molecule has 21 heavy (non-hydrogen) atoms. The molecule has 1 saturated heterocycles. The number of carbonyl (C=O) groups is 1. The van der Waals surface area contributed by atoms with Crippen LogP contribution >= 0.6 is 0 Å². The quantitative estimate of drug-likeness (QED) is 0.829. The molecule has 0 atom stereocenters. The lowest BCUT2D eigenvalue weighted by atomic mass is 10.2. The minimum Gasteiger partial charge on any atom is -0.357 e. The molecule has 2 heterocycles. The van der Waals surface area contributed by atoms with Crippen molar-refractivity contribution in [2.24, 2.45) is 0 Å².